The summed E-state index contributed by atoms with van der Waals surface area (Å²) >= 11 is 1.53. The Kier molecular flexibility index (Phi) is 6.61. The van der Waals surface area contributed by atoms with Gasteiger partial charge in [0.25, 0.3) is 0 Å². The molecule has 0 radical (unpaired) electrons. The summed E-state index contributed by atoms with van der Waals surface area (Å²) in [4.78, 5) is 19.1. The Labute approximate surface area is 197 Å². The van der Waals surface area contributed by atoms with Crippen LogP contribution in [0.25, 0.3) is 11.3 Å². The molecule has 8 heteroatoms. The summed E-state index contributed by atoms with van der Waals surface area (Å²) < 4.78 is 6.38. The quantitative estimate of drug-likeness (QED) is 0.478. The molecular formula is C25H25N5O2S. The van der Waals surface area contributed by atoms with Crippen molar-refractivity contribution in [3.05, 3.63) is 59.2 Å². The molecule has 0 N–H and O–H groups in total. The lowest BCUT2D eigenvalue weighted by Gasteiger charge is -2.30. The van der Waals surface area contributed by atoms with E-state index in [1.54, 1.807) is 23.1 Å². The van der Waals surface area contributed by atoms with Crippen LogP contribution >= 0.6 is 11.8 Å². The summed E-state index contributed by atoms with van der Waals surface area (Å²) in [6.07, 6.45) is 0.163. The zero-order valence-electron chi connectivity index (χ0n) is 19.1. The molecule has 0 fully saturated rings. The molecule has 33 heavy (non-hydrogen) atoms. The predicted molar refractivity (Wildman–Crippen MR) is 128 cm³/mol. The number of nitriles is 1. The van der Waals surface area contributed by atoms with Gasteiger partial charge in [-0.05, 0) is 37.5 Å². The van der Waals surface area contributed by atoms with Crippen LogP contribution in [0.3, 0.4) is 0 Å². The van der Waals surface area contributed by atoms with Gasteiger partial charge in [-0.15, -0.1) is 10.2 Å². The van der Waals surface area contributed by atoms with Gasteiger partial charge in [-0.3, -0.25) is 9.69 Å². The molecule has 0 aliphatic carbocycles. The van der Waals surface area contributed by atoms with Gasteiger partial charge in [-0.2, -0.15) is 10.2 Å². The van der Waals surface area contributed by atoms with Crippen molar-refractivity contribution in [2.45, 2.75) is 45.5 Å². The highest BCUT2D eigenvalue weighted by molar-refractivity contribution is 7.99. The van der Waals surface area contributed by atoms with Crippen molar-refractivity contribution in [3.63, 3.8) is 0 Å². The van der Waals surface area contributed by atoms with Crippen molar-refractivity contribution in [2.75, 3.05) is 10.7 Å². The van der Waals surface area contributed by atoms with E-state index in [1.165, 1.54) is 18.7 Å². The zero-order valence-corrected chi connectivity index (χ0v) is 19.9. The molecule has 1 unspecified atom stereocenters. The maximum Gasteiger partial charge on any atom is 0.247 e. The molecule has 0 spiro atoms. The highest BCUT2D eigenvalue weighted by Gasteiger charge is 2.35. The third kappa shape index (κ3) is 4.69. The first kappa shape index (κ1) is 22.7. The van der Waals surface area contributed by atoms with E-state index < -0.39 is 6.23 Å². The number of carbonyl (C=O) groups is 1. The fourth-order valence-electron chi connectivity index (χ4n) is 3.68. The lowest BCUT2D eigenvalue weighted by atomic mass is 10.0. The molecule has 2 heterocycles. The Bertz CT molecular complexity index is 1240. The Morgan fingerprint density at radius 3 is 2.76 bits per heavy atom. The van der Waals surface area contributed by atoms with Crippen molar-refractivity contribution in [1.82, 2.24) is 15.2 Å². The Morgan fingerprint density at radius 1 is 1.24 bits per heavy atom. The van der Waals surface area contributed by atoms with Gasteiger partial charge in [0, 0.05) is 23.8 Å². The van der Waals surface area contributed by atoms with E-state index in [0.717, 1.165) is 23.3 Å². The second-order valence-corrected chi connectivity index (χ2v) is 9.42. The molecule has 2 aromatic carbocycles. The van der Waals surface area contributed by atoms with Gasteiger partial charge >= 0.3 is 0 Å². The number of carbonyl (C=O) groups excluding carboxylic acids is 1. The highest BCUT2D eigenvalue weighted by Crippen LogP contribution is 2.44. The van der Waals surface area contributed by atoms with Crippen LogP contribution in [0.4, 0.5) is 5.69 Å². The second kappa shape index (κ2) is 9.59. The summed E-state index contributed by atoms with van der Waals surface area (Å²) in [5, 5.41) is 19.0. The maximum absolute atomic E-state index is 12.9. The summed E-state index contributed by atoms with van der Waals surface area (Å²) in [5.41, 5.74) is 3.86. The van der Waals surface area contributed by atoms with Crippen LogP contribution in [-0.4, -0.2) is 26.8 Å². The number of aryl methyl sites for hydroxylation is 1. The number of hydrogen-bond donors (Lipinski definition) is 0. The molecule has 1 aromatic heterocycles. The first-order chi connectivity index (χ1) is 15.9. The molecule has 1 aliphatic heterocycles. The molecule has 7 nitrogen and oxygen atoms in total. The lowest BCUT2D eigenvalue weighted by Crippen LogP contribution is -2.36. The fraction of sp³-hybridized carbons (Fsp3) is 0.320. The average Bonchev–Trinajstić information content (AvgIpc) is 2.92. The Hall–Kier alpha value is -3.44. The van der Waals surface area contributed by atoms with Crippen molar-refractivity contribution >= 4 is 23.4 Å². The minimum Gasteiger partial charge on any atom is -0.447 e. The van der Waals surface area contributed by atoms with E-state index in [1.807, 2.05) is 31.2 Å². The minimum absolute atomic E-state index is 0.217. The number of thioether (sulfide) groups is 1. The first-order valence-corrected chi connectivity index (χ1v) is 11.8. The van der Waals surface area contributed by atoms with Crippen LogP contribution in [0.1, 0.15) is 50.1 Å². The number of ether oxygens (including phenoxy) is 1. The average molecular weight is 460 g/mol. The predicted octanol–water partition coefficient (Wildman–Crippen LogP) is 5.30. The number of nitrogens with zero attached hydrogens (tertiary/aromatic N) is 5. The van der Waals surface area contributed by atoms with E-state index in [2.05, 4.69) is 35.1 Å². The summed E-state index contributed by atoms with van der Waals surface area (Å²) in [7, 11) is 0. The number of benzene rings is 2. The van der Waals surface area contributed by atoms with E-state index in [0.29, 0.717) is 39.5 Å². The third-order valence-electron chi connectivity index (χ3n) is 5.37. The third-order valence-corrected chi connectivity index (χ3v) is 6.24. The molecule has 0 bridgehead atoms. The van der Waals surface area contributed by atoms with Crippen molar-refractivity contribution in [3.8, 4) is 23.2 Å². The molecule has 0 saturated carbocycles. The van der Waals surface area contributed by atoms with Crippen molar-refractivity contribution in [1.29, 1.82) is 5.26 Å². The molecule has 1 atom stereocenters. The topological polar surface area (TPSA) is 92.0 Å². The van der Waals surface area contributed by atoms with Crippen LogP contribution < -0.4 is 9.64 Å². The van der Waals surface area contributed by atoms with Gasteiger partial charge < -0.3 is 4.74 Å². The molecule has 168 valence electrons. The van der Waals surface area contributed by atoms with Gasteiger partial charge in [0.15, 0.2) is 5.69 Å². The maximum atomic E-state index is 12.9. The van der Waals surface area contributed by atoms with Crippen molar-refractivity contribution < 1.29 is 9.53 Å². The summed E-state index contributed by atoms with van der Waals surface area (Å²) in [6, 6.07) is 15.1. The molecular weight excluding hydrogens is 434 g/mol. The van der Waals surface area contributed by atoms with Gasteiger partial charge in [-0.1, -0.05) is 55.4 Å². The molecule has 1 aliphatic rings. The molecule has 4 rings (SSSR count). The minimum atomic E-state index is -0.869. The number of anilines is 1. The monoisotopic (exact) mass is 459 g/mol. The molecule has 0 saturated heterocycles. The largest absolute Gasteiger partial charge is 0.447 e. The number of amides is 1. The Balaban J connectivity index is 1.88. The Morgan fingerprint density at radius 2 is 2.03 bits per heavy atom. The SMILES string of the molecule is CC(=O)N1c2ccc(C)cc2-c2nnc(SCCC(C)C)nc2OC1c1ccccc1C#N. The number of rotatable bonds is 5. The van der Waals surface area contributed by atoms with E-state index in [9.17, 15) is 10.1 Å². The number of aromatic nitrogens is 3. The van der Waals surface area contributed by atoms with Crippen LogP contribution in [0.2, 0.25) is 0 Å². The van der Waals surface area contributed by atoms with Crippen LogP contribution in [-0.2, 0) is 4.79 Å². The van der Waals surface area contributed by atoms with Crippen LogP contribution in [0.15, 0.2) is 47.6 Å². The van der Waals surface area contributed by atoms with Gasteiger partial charge in [0.2, 0.25) is 23.2 Å². The van der Waals surface area contributed by atoms with E-state index >= 15 is 0 Å². The molecule has 3 aromatic rings. The smallest absolute Gasteiger partial charge is 0.247 e. The fourth-order valence-corrected chi connectivity index (χ4v) is 4.70. The summed E-state index contributed by atoms with van der Waals surface area (Å²) in [5.74, 6) is 1.53. The summed E-state index contributed by atoms with van der Waals surface area (Å²) in [6.45, 7) is 7.81. The van der Waals surface area contributed by atoms with Crippen LogP contribution in [0.5, 0.6) is 5.88 Å². The van der Waals surface area contributed by atoms with E-state index in [4.69, 9.17) is 4.74 Å². The van der Waals surface area contributed by atoms with Crippen molar-refractivity contribution in [2.24, 2.45) is 5.92 Å². The number of hydrogen-bond acceptors (Lipinski definition) is 7. The first-order valence-electron chi connectivity index (χ1n) is 10.8. The zero-order chi connectivity index (χ0) is 23.5. The van der Waals surface area contributed by atoms with Gasteiger partial charge in [0.1, 0.15) is 0 Å². The van der Waals surface area contributed by atoms with Gasteiger partial charge in [-0.25, -0.2) is 0 Å². The van der Waals surface area contributed by atoms with Gasteiger partial charge in [0.05, 0.1) is 17.3 Å². The van der Waals surface area contributed by atoms with Crippen LogP contribution in [0, 0.1) is 24.2 Å². The lowest BCUT2D eigenvalue weighted by molar-refractivity contribution is -0.118. The second-order valence-electron chi connectivity index (χ2n) is 8.36. The normalized spacial score (nSPS) is 14.7. The highest BCUT2D eigenvalue weighted by atomic mass is 32.2. The van der Waals surface area contributed by atoms with E-state index in [-0.39, 0.29) is 5.91 Å². The molecule has 1 amide bonds. The number of fused-ring (bicyclic) bond motifs is 3. The standard InChI is InChI=1S/C25H25N5O2S/c1-15(2)11-12-33-25-27-23-22(28-29-25)20-13-16(3)9-10-21(20)30(17(4)31)24(32-23)19-8-6-5-7-18(19)14-26/h5-10,13,15,24H,11-12H2,1-4H3.